The highest BCUT2D eigenvalue weighted by atomic mass is 32.2. The zero-order chi connectivity index (χ0) is 23.5. The van der Waals surface area contributed by atoms with Crippen molar-refractivity contribution >= 4 is 32.5 Å². The molecule has 180 valence electrons. The van der Waals surface area contributed by atoms with Gasteiger partial charge in [-0.2, -0.15) is 4.31 Å². The first-order chi connectivity index (χ1) is 16.5. The van der Waals surface area contributed by atoms with Crippen LogP contribution >= 0.6 is 0 Å². The number of likely N-dealkylation sites (tertiary alicyclic amines) is 1. The van der Waals surface area contributed by atoms with Crippen LogP contribution in [0.15, 0.2) is 59.6 Å². The molecule has 34 heavy (non-hydrogen) atoms. The summed E-state index contributed by atoms with van der Waals surface area (Å²) in [6.07, 6.45) is 4.16. The summed E-state index contributed by atoms with van der Waals surface area (Å²) < 4.78 is 32.2. The summed E-state index contributed by atoms with van der Waals surface area (Å²) in [6.45, 7) is 3.60. The Balaban J connectivity index is 1.13. The number of aromatic amines is 1. The molecule has 9 heteroatoms. The lowest BCUT2D eigenvalue weighted by molar-refractivity contribution is -0.117. The number of amides is 1. The molecule has 2 aromatic carbocycles. The minimum atomic E-state index is -3.54. The van der Waals surface area contributed by atoms with E-state index in [1.54, 1.807) is 24.3 Å². The van der Waals surface area contributed by atoms with Gasteiger partial charge in [0, 0.05) is 35.9 Å². The molecular formula is C25H30N4O4S. The van der Waals surface area contributed by atoms with Gasteiger partial charge in [-0.1, -0.05) is 18.2 Å². The van der Waals surface area contributed by atoms with Crippen LogP contribution in [0, 0.1) is 0 Å². The Bertz CT molecular complexity index is 1240. The Labute approximate surface area is 199 Å². The van der Waals surface area contributed by atoms with Gasteiger partial charge in [-0.25, -0.2) is 8.42 Å². The largest absolute Gasteiger partial charge is 0.379 e. The maximum absolute atomic E-state index is 12.7. The van der Waals surface area contributed by atoms with Gasteiger partial charge in [0.05, 0.1) is 24.7 Å². The number of carbonyl (C=O) groups excluding carboxylic acids is 1. The van der Waals surface area contributed by atoms with E-state index >= 15 is 0 Å². The van der Waals surface area contributed by atoms with Crippen molar-refractivity contribution in [3.8, 4) is 0 Å². The molecule has 2 aliphatic rings. The molecule has 8 nitrogen and oxygen atoms in total. The van der Waals surface area contributed by atoms with Crippen molar-refractivity contribution in [1.29, 1.82) is 0 Å². The van der Waals surface area contributed by atoms with E-state index in [0.29, 0.717) is 44.5 Å². The number of hydrogen-bond donors (Lipinski definition) is 2. The molecule has 2 fully saturated rings. The van der Waals surface area contributed by atoms with Crippen molar-refractivity contribution in [2.24, 2.45) is 0 Å². The van der Waals surface area contributed by atoms with E-state index in [1.807, 2.05) is 6.07 Å². The van der Waals surface area contributed by atoms with Crippen molar-refractivity contribution in [2.45, 2.75) is 23.7 Å². The summed E-state index contributed by atoms with van der Waals surface area (Å²) >= 11 is 0. The van der Waals surface area contributed by atoms with Crippen LogP contribution in [0.1, 0.15) is 24.3 Å². The highest BCUT2D eigenvalue weighted by Crippen LogP contribution is 2.33. The second-order valence-electron chi connectivity index (χ2n) is 8.93. The van der Waals surface area contributed by atoms with Crippen molar-refractivity contribution in [3.05, 3.63) is 60.3 Å². The first-order valence-electron chi connectivity index (χ1n) is 11.8. The maximum atomic E-state index is 12.7. The SMILES string of the molecule is O=C(CN1CCC(c2c[nH]c3ccccc23)CC1)Nc1ccc(S(=O)(=O)N2CCOCC2)cc1. The quantitative estimate of drug-likeness (QED) is 0.563. The minimum absolute atomic E-state index is 0.0886. The molecule has 0 spiro atoms. The summed E-state index contributed by atoms with van der Waals surface area (Å²) in [5.74, 6) is 0.408. The zero-order valence-electron chi connectivity index (χ0n) is 19.1. The summed E-state index contributed by atoms with van der Waals surface area (Å²) in [5, 5.41) is 4.19. The van der Waals surface area contributed by atoms with Gasteiger partial charge in [0.1, 0.15) is 0 Å². The lowest BCUT2D eigenvalue weighted by Gasteiger charge is -2.31. The van der Waals surface area contributed by atoms with Crippen molar-refractivity contribution in [3.63, 3.8) is 0 Å². The summed E-state index contributed by atoms with van der Waals surface area (Å²) in [4.78, 5) is 18.4. The average molecular weight is 483 g/mol. The number of H-pyrrole nitrogens is 1. The van der Waals surface area contributed by atoms with Crippen molar-refractivity contribution < 1.29 is 17.9 Å². The standard InChI is InChI=1S/C25H30N4O4S/c30-25(27-20-5-7-21(8-6-20)34(31,32)29-13-15-33-16-14-29)18-28-11-9-19(10-12-28)23-17-26-24-4-2-1-3-22(23)24/h1-8,17,19,26H,9-16,18H2,(H,27,30). The molecule has 0 saturated carbocycles. The van der Waals surface area contributed by atoms with Crippen LogP contribution in [0.25, 0.3) is 10.9 Å². The summed E-state index contributed by atoms with van der Waals surface area (Å²) in [6, 6.07) is 14.8. The fourth-order valence-electron chi connectivity index (χ4n) is 4.88. The van der Waals surface area contributed by atoms with Gasteiger partial charge in [0.15, 0.2) is 0 Å². The number of ether oxygens (including phenoxy) is 1. The van der Waals surface area contributed by atoms with Crippen molar-refractivity contribution in [2.75, 3.05) is 51.3 Å². The number of hydrogen-bond acceptors (Lipinski definition) is 5. The normalized spacial score (nSPS) is 18.8. The highest BCUT2D eigenvalue weighted by molar-refractivity contribution is 7.89. The molecule has 1 amide bonds. The molecule has 5 rings (SSSR count). The molecule has 0 aliphatic carbocycles. The first kappa shape index (κ1) is 23.0. The third kappa shape index (κ3) is 4.88. The molecule has 0 radical (unpaired) electrons. The van der Waals surface area contributed by atoms with E-state index in [-0.39, 0.29) is 10.8 Å². The smallest absolute Gasteiger partial charge is 0.243 e. The Kier molecular flexibility index (Phi) is 6.69. The molecule has 0 atom stereocenters. The van der Waals surface area contributed by atoms with Crippen LogP contribution < -0.4 is 5.32 Å². The van der Waals surface area contributed by atoms with Crippen LogP contribution in [0.2, 0.25) is 0 Å². The fraction of sp³-hybridized carbons (Fsp3) is 0.400. The number of carbonyl (C=O) groups is 1. The van der Waals surface area contributed by atoms with Crippen LogP contribution in [0.3, 0.4) is 0 Å². The van der Waals surface area contributed by atoms with E-state index in [4.69, 9.17) is 4.74 Å². The third-order valence-corrected chi connectivity index (χ3v) is 8.67. The predicted molar refractivity (Wildman–Crippen MR) is 131 cm³/mol. The predicted octanol–water partition coefficient (Wildman–Crippen LogP) is 3.01. The zero-order valence-corrected chi connectivity index (χ0v) is 19.9. The molecule has 3 aromatic rings. The summed E-state index contributed by atoms with van der Waals surface area (Å²) in [5.41, 5.74) is 3.13. The molecular weight excluding hydrogens is 452 g/mol. The Morgan fingerprint density at radius 1 is 1.00 bits per heavy atom. The highest BCUT2D eigenvalue weighted by Gasteiger charge is 2.27. The average Bonchev–Trinajstić information content (AvgIpc) is 3.30. The molecule has 3 heterocycles. The Morgan fingerprint density at radius 2 is 1.71 bits per heavy atom. The van der Waals surface area contributed by atoms with Gasteiger partial charge in [0.25, 0.3) is 0 Å². The van der Waals surface area contributed by atoms with Gasteiger partial charge < -0.3 is 15.0 Å². The van der Waals surface area contributed by atoms with Crippen LogP contribution in [0.5, 0.6) is 0 Å². The lowest BCUT2D eigenvalue weighted by Crippen LogP contribution is -2.40. The number of nitrogens with zero attached hydrogens (tertiary/aromatic N) is 2. The molecule has 2 aliphatic heterocycles. The monoisotopic (exact) mass is 482 g/mol. The Hall–Kier alpha value is -2.72. The van der Waals surface area contributed by atoms with Crippen LogP contribution in [-0.2, 0) is 19.6 Å². The number of anilines is 1. The lowest BCUT2D eigenvalue weighted by atomic mass is 9.89. The van der Waals surface area contributed by atoms with E-state index in [9.17, 15) is 13.2 Å². The number of benzene rings is 2. The van der Waals surface area contributed by atoms with Crippen LogP contribution in [0.4, 0.5) is 5.69 Å². The van der Waals surface area contributed by atoms with E-state index in [0.717, 1.165) is 25.9 Å². The minimum Gasteiger partial charge on any atom is -0.379 e. The second kappa shape index (κ2) is 9.87. The van der Waals surface area contributed by atoms with Crippen LogP contribution in [-0.4, -0.2) is 74.5 Å². The van der Waals surface area contributed by atoms with Crippen molar-refractivity contribution in [1.82, 2.24) is 14.2 Å². The molecule has 0 bridgehead atoms. The molecule has 1 aromatic heterocycles. The number of morpholine rings is 1. The van der Waals surface area contributed by atoms with Gasteiger partial charge in [-0.15, -0.1) is 0 Å². The number of piperidine rings is 1. The topological polar surface area (TPSA) is 94.7 Å². The van der Waals surface area contributed by atoms with E-state index in [1.165, 1.54) is 20.8 Å². The summed E-state index contributed by atoms with van der Waals surface area (Å²) in [7, 11) is -3.54. The number of rotatable bonds is 6. The van der Waals surface area contributed by atoms with Gasteiger partial charge >= 0.3 is 0 Å². The number of aromatic nitrogens is 1. The molecule has 0 unspecified atom stereocenters. The number of para-hydroxylation sites is 1. The number of nitrogens with one attached hydrogen (secondary N) is 2. The molecule has 2 saturated heterocycles. The van der Waals surface area contributed by atoms with E-state index < -0.39 is 10.0 Å². The Morgan fingerprint density at radius 3 is 2.44 bits per heavy atom. The second-order valence-corrected chi connectivity index (χ2v) is 10.9. The first-order valence-corrected chi connectivity index (χ1v) is 13.2. The third-order valence-electron chi connectivity index (χ3n) is 6.76. The van der Waals surface area contributed by atoms with Gasteiger partial charge in [-0.05, 0) is 67.7 Å². The number of sulfonamides is 1. The van der Waals surface area contributed by atoms with Gasteiger partial charge in [-0.3, -0.25) is 9.69 Å². The van der Waals surface area contributed by atoms with E-state index in [2.05, 4.69) is 39.6 Å². The maximum Gasteiger partial charge on any atom is 0.243 e. The fourth-order valence-corrected chi connectivity index (χ4v) is 6.29. The number of fused-ring (bicyclic) bond motifs is 1. The molecule has 2 N–H and O–H groups in total. The van der Waals surface area contributed by atoms with Gasteiger partial charge in [0.2, 0.25) is 15.9 Å².